The zero-order valence-electron chi connectivity index (χ0n) is 6.94. The van der Waals surface area contributed by atoms with Gasteiger partial charge >= 0.3 is 0 Å². The number of furan rings is 1. The van der Waals surface area contributed by atoms with Gasteiger partial charge in [-0.25, -0.2) is 0 Å². The van der Waals surface area contributed by atoms with Gasteiger partial charge in [0.05, 0.1) is 12.5 Å². The first-order valence-electron chi connectivity index (χ1n) is 3.70. The zero-order valence-corrected chi connectivity index (χ0v) is 6.94. The molecule has 0 aliphatic carbocycles. The molecule has 4 heteroatoms. The highest BCUT2D eigenvalue weighted by atomic mass is 16.5. The first kappa shape index (κ1) is 7.79. The SMILES string of the molecule is COc1ccc2c(O)coc2c1O. The second kappa shape index (κ2) is 2.58. The van der Waals surface area contributed by atoms with Gasteiger partial charge in [-0.15, -0.1) is 0 Å². The Kier molecular flexibility index (Phi) is 1.55. The summed E-state index contributed by atoms with van der Waals surface area (Å²) in [4.78, 5) is 0. The average molecular weight is 180 g/mol. The van der Waals surface area contributed by atoms with E-state index in [0.717, 1.165) is 0 Å². The van der Waals surface area contributed by atoms with Crippen molar-refractivity contribution in [1.29, 1.82) is 0 Å². The molecule has 2 N–H and O–H groups in total. The molecule has 0 aliphatic heterocycles. The van der Waals surface area contributed by atoms with E-state index < -0.39 is 0 Å². The molecule has 0 atom stereocenters. The zero-order chi connectivity index (χ0) is 9.42. The number of hydrogen-bond donors (Lipinski definition) is 2. The molecule has 0 saturated carbocycles. The highest BCUT2D eigenvalue weighted by molar-refractivity contribution is 5.90. The van der Waals surface area contributed by atoms with Gasteiger partial charge < -0.3 is 19.4 Å². The second-order valence-electron chi connectivity index (χ2n) is 2.61. The number of methoxy groups -OCH3 is 1. The molecule has 0 bridgehead atoms. The fourth-order valence-electron chi connectivity index (χ4n) is 1.22. The number of phenols is 1. The lowest BCUT2D eigenvalue weighted by molar-refractivity contribution is 0.372. The summed E-state index contributed by atoms with van der Waals surface area (Å²) < 4.78 is 9.81. The lowest BCUT2D eigenvalue weighted by Gasteiger charge is -2.01. The summed E-state index contributed by atoms with van der Waals surface area (Å²) in [5, 5.41) is 19.3. The molecule has 0 saturated heterocycles. The molecule has 4 nitrogen and oxygen atoms in total. The van der Waals surface area contributed by atoms with Gasteiger partial charge in [-0.3, -0.25) is 0 Å². The number of benzene rings is 1. The van der Waals surface area contributed by atoms with E-state index in [0.29, 0.717) is 11.1 Å². The number of fused-ring (bicyclic) bond motifs is 1. The van der Waals surface area contributed by atoms with Crippen molar-refractivity contribution in [2.45, 2.75) is 0 Å². The molecular weight excluding hydrogens is 172 g/mol. The number of hydrogen-bond acceptors (Lipinski definition) is 4. The van der Waals surface area contributed by atoms with E-state index in [4.69, 9.17) is 9.15 Å². The summed E-state index contributed by atoms with van der Waals surface area (Å²) >= 11 is 0. The Bertz CT molecular complexity index is 444. The van der Waals surface area contributed by atoms with Crippen LogP contribution in [-0.4, -0.2) is 17.3 Å². The van der Waals surface area contributed by atoms with Crippen LogP contribution in [0, 0.1) is 0 Å². The maximum Gasteiger partial charge on any atom is 0.202 e. The van der Waals surface area contributed by atoms with Crippen LogP contribution in [0.25, 0.3) is 11.0 Å². The molecule has 68 valence electrons. The van der Waals surface area contributed by atoms with Gasteiger partial charge in [-0.1, -0.05) is 0 Å². The van der Waals surface area contributed by atoms with E-state index >= 15 is 0 Å². The van der Waals surface area contributed by atoms with Gasteiger partial charge in [0.1, 0.15) is 6.26 Å². The monoisotopic (exact) mass is 180 g/mol. The van der Waals surface area contributed by atoms with Crippen LogP contribution in [-0.2, 0) is 0 Å². The van der Waals surface area contributed by atoms with Crippen molar-refractivity contribution in [3.63, 3.8) is 0 Å². The van der Waals surface area contributed by atoms with Gasteiger partial charge in [0.15, 0.2) is 17.1 Å². The van der Waals surface area contributed by atoms with Crippen LogP contribution >= 0.6 is 0 Å². The van der Waals surface area contributed by atoms with E-state index in [-0.39, 0.29) is 17.1 Å². The van der Waals surface area contributed by atoms with E-state index in [1.54, 1.807) is 12.1 Å². The van der Waals surface area contributed by atoms with Crippen molar-refractivity contribution in [2.24, 2.45) is 0 Å². The van der Waals surface area contributed by atoms with Crippen LogP contribution in [0.3, 0.4) is 0 Å². The molecule has 13 heavy (non-hydrogen) atoms. The number of phenolic OH excluding ortho intramolecular Hbond substituents is 1. The highest BCUT2D eigenvalue weighted by Crippen LogP contribution is 2.38. The summed E-state index contributed by atoms with van der Waals surface area (Å²) in [6.45, 7) is 0. The molecule has 0 unspecified atom stereocenters. The van der Waals surface area contributed by atoms with Crippen molar-refractivity contribution >= 4 is 11.0 Å². The van der Waals surface area contributed by atoms with Gasteiger partial charge in [-0.05, 0) is 12.1 Å². The van der Waals surface area contributed by atoms with Crippen molar-refractivity contribution in [3.8, 4) is 17.2 Å². The van der Waals surface area contributed by atoms with Crippen molar-refractivity contribution in [2.75, 3.05) is 7.11 Å². The highest BCUT2D eigenvalue weighted by Gasteiger charge is 2.12. The Hall–Kier alpha value is -1.84. The number of ether oxygens (including phenoxy) is 1. The molecule has 0 aliphatic rings. The fraction of sp³-hybridized carbons (Fsp3) is 0.111. The molecule has 1 aromatic carbocycles. The van der Waals surface area contributed by atoms with Crippen LogP contribution in [0.2, 0.25) is 0 Å². The maximum atomic E-state index is 9.53. The molecular formula is C9H8O4. The first-order valence-corrected chi connectivity index (χ1v) is 3.70. The van der Waals surface area contributed by atoms with E-state index in [2.05, 4.69) is 0 Å². The van der Waals surface area contributed by atoms with Gasteiger partial charge in [0.25, 0.3) is 0 Å². The van der Waals surface area contributed by atoms with Crippen LogP contribution in [0.5, 0.6) is 17.2 Å². The lowest BCUT2D eigenvalue weighted by atomic mass is 10.2. The minimum absolute atomic E-state index is 0.00736. The van der Waals surface area contributed by atoms with Crippen molar-refractivity contribution < 1.29 is 19.4 Å². The van der Waals surface area contributed by atoms with Crippen molar-refractivity contribution in [3.05, 3.63) is 18.4 Å². The Balaban J connectivity index is 2.80. The average Bonchev–Trinajstić information content (AvgIpc) is 2.50. The standard InChI is InChI=1S/C9H8O4/c1-12-7-3-2-5-6(10)4-13-9(5)8(7)11/h2-4,10-11H,1H3. The Morgan fingerprint density at radius 2 is 2.08 bits per heavy atom. The molecule has 0 radical (unpaired) electrons. The topological polar surface area (TPSA) is 62.8 Å². The predicted molar refractivity (Wildman–Crippen MR) is 46.1 cm³/mol. The van der Waals surface area contributed by atoms with Crippen LogP contribution in [0.1, 0.15) is 0 Å². The third-order valence-electron chi connectivity index (χ3n) is 1.88. The van der Waals surface area contributed by atoms with Crippen LogP contribution < -0.4 is 4.74 Å². The molecule has 0 amide bonds. The van der Waals surface area contributed by atoms with Gasteiger partial charge in [-0.2, -0.15) is 0 Å². The maximum absolute atomic E-state index is 9.53. The predicted octanol–water partition coefficient (Wildman–Crippen LogP) is 1.85. The fourth-order valence-corrected chi connectivity index (χ4v) is 1.22. The molecule has 2 aromatic rings. The minimum atomic E-state index is -0.0969. The van der Waals surface area contributed by atoms with E-state index in [1.165, 1.54) is 13.4 Å². The molecule has 1 heterocycles. The van der Waals surface area contributed by atoms with Crippen molar-refractivity contribution in [1.82, 2.24) is 0 Å². The van der Waals surface area contributed by atoms with E-state index in [1.807, 2.05) is 0 Å². The quantitative estimate of drug-likeness (QED) is 0.703. The minimum Gasteiger partial charge on any atom is -0.504 e. The van der Waals surface area contributed by atoms with Crippen LogP contribution in [0.15, 0.2) is 22.8 Å². The molecule has 1 aromatic heterocycles. The lowest BCUT2D eigenvalue weighted by Crippen LogP contribution is -1.82. The third-order valence-corrected chi connectivity index (χ3v) is 1.88. The van der Waals surface area contributed by atoms with Gasteiger partial charge in [0.2, 0.25) is 5.75 Å². The Morgan fingerprint density at radius 3 is 2.77 bits per heavy atom. The molecule has 0 spiro atoms. The normalized spacial score (nSPS) is 10.5. The largest absolute Gasteiger partial charge is 0.504 e. The summed E-state index contributed by atoms with van der Waals surface area (Å²) in [6.07, 6.45) is 1.17. The molecule has 2 rings (SSSR count). The summed E-state index contributed by atoms with van der Waals surface area (Å²) in [5.74, 6) is 0.232. The third kappa shape index (κ3) is 0.989. The second-order valence-corrected chi connectivity index (χ2v) is 2.61. The van der Waals surface area contributed by atoms with Crippen LogP contribution in [0.4, 0.5) is 0 Å². The summed E-state index contributed by atoms with van der Waals surface area (Å²) in [6, 6.07) is 3.18. The summed E-state index contributed by atoms with van der Waals surface area (Å²) in [7, 11) is 1.45. The molecule has 0 fully saturated rings. The smallest absolute Gasteiger partial charge is 0.202 e. The van der Waals surface area contributed by atoms with Gasteiger partial charge in [0, 0.05) is 0 Å². The Morgan fingerprint density at radius 1 is 1.31 bits per heavy atom. The first-order chi connectivity index (χ1) is 6.24. The van der Waals surface area contributed by atoms with E-state index in [9.17, 15) is 10.2 Å². The number of rotatable bonds is 1. The Labute approximate surface area is 74.0 Å². The number of aromatic hydroxyl groups is 2. The summed E-state index contributed by atoms with van der Waals surface area (Å²) in [5.41, 5.74) is 0.233.